The fourth-order valence-electron chi connectivity index (χ4n) is 1.69. The molecule has 1 rings (SSSR count). The molecular weight excluding hydrogens is 245 g/mol. The van der Waals surface area contributed by atoms with Crippen LogP contribution < -0.4 is 14.8 Å². The van der Waals surface area contributed by atoms with Gasteiger partial charge in [-0.15, -0.1) is 0 Å². The van der Waals surface area contributed by atoms with E-state index < -0.39 is 0 Å². The van der Waals surface area contributed by atoms with Crippen molar-refractivity contribution in [1.29, 1.82) is 0 Å². The van der Waals surface area contributed by atoms with Crippen LogP contribution in [0.1, 0.15) is 25.8 Å². The van der Waals surface area contributed by atoms with E-state index in [2.05, 4.69) is 19.2 Å². The van der Waals surface area contributed by atoms with E-state index in [-0.39, 0.29) is 6.67 Å². The van der Waals surface area contributed by atoms with Crippen LogP contribution in [0.5, 0.6) is 11.5 Å². The van der Waals surface area contributed by atoms with E-state index in [4.69, 9.17) is 9.47 Å². The lowest BCUT2D eigenvalue weighted by atomic mass is 10.1. The lowest BCUT2D eigenvalue weighted by molar-refractivity contribution is 0.286. The molecule has 108 valence electrons. The Bertz CT molecular complexity index is 369. The van der Waals surface area contributed by atoms with E-state index in [1.807, 2.05) is 18.2 Å². The Morgan fingerprint density at radius 1 is 1.32 bits per heavy atom. The quantitative estimate of drug-likeness (QED) is 0.698. The van der Waals surface area contributed by atoms with Gasteiger partial charge in [-0.05, 0) is 30.7 Å². The Balaban J connectivity index is 2.65. The molecule has 0 unspecified atom stereocenters. The van der Waals surface area contributed by atoms with E-state index in [0.29, 0.717) is 18.9 Å². The smallest absolute Gasteiger partial charge is 0.124 e. The van der Waals surface area contributed by atoms with Crippen LogP contribution in [0, 0.1) is 5.92 Å². The summed E-state index contributed by atoms with van der Waals surface area (Å²) in [5.74, 6) is 2.20. The molecule has 0 fully saturated rings. The molecule has 0 aliphatic carbocycles. The maximum Gasteiger partial charge on any atom is 0.124 e. The fraction of sp³-hybridized carbons (Fsp3) is 0.600. The van der Waals surface area contributed by atoms with Crippen molar-refractivity contribution < 1.29 is 13.9 Å². The summed E-state index contributed by atoms with van der Waals surface area (Å²) in [5, 5.41) is 3.37. The second-order valence-electron chi connectivity index (χ2n) is 4.89. The predicted octanol–water partition coefficient (Wildman–Crippen LogP) is 3.18. The van der Waals surface area contributed by atoms with Gasteiger partial charge in [-0.1, -0.05) is 13.8 Å². The first-order valence-electron chi connectivity index (χ1n) is 6.73. The summed E-state index contributed by atoms with van der Waals surface area (Å²) in [6.07, 6.45) is 0.422. The third-order valence-corrected chi connectivity index (χ3v) is 2.67. The highest BCUT2D eigenvalue weighted by Crippen LogP contribution is 2.24. The molecule has 1 aromatic carbocycles. The van der Waals surface area contributed by atoms with E-state index in [1.54, 1.807) is 7.11 Å². The molecular formula is C15H24FNO2. The van der Waals surface area contributed by atoms with E-state index >= 15 is 0 Å². The number of rotatable bonds is 9. The number of benzene rings is 1. The van der Waals surface area contributed by atoms with Crippen molar-refractivity contribution in [2.45, 2.75) is 26.8 Å². The molecule has 4 heteroatoms. The lowest BCUT2D eigenvalue weighted by Crippen LogP contribution is -2.19. The third-order valence-electron chi connectivity index (χ3n) is 2.67. The van der Waals surface area contributed by atoms with Crippen molar-refractivity contribution in [2.75, 3.05) is 26.9 Å². The highest BCUT2D eigenvalue weighted by Gasteiger charge is 2.06. The van der Waals surface area contributed by atoms with Crippen LogP contribution in [0.15, 0.2) is 18.2 Å². The van der Waals surface area contributed by atoms with Crippen LogP contribution in [-0.4, -0.2) is 26.9 Å². The van der Waals surface area contributed by atoms with Crippen molar-refractivity contribution in [2.24, 2.45) is 5.92 Å². The largest absolute Gasteiger partial charge is 0.497 e. The molecule has 0 heterocycles. The molecule has 0 atom stereocenters. The summed E-state index contributed by atoms with van der Waals surface area (Å²) in [6, 6.07) is 5.69. The van der Waals surface area contributed by atoms with Gasteiger partial charge in [0.25, 0.3) is 0 Å². The highest BCUT2D eigenvalue weighted by molar-refractivity contribution is 5.40. The Morgan fingerprint density at radius 2 is 2.11 bits per heavy atom. The number of ether oxygens (including phenoxy) is 2. The molecule has 1 N–H and O–H groups in total. The Morgan fingerprint density at radius 3 is 2.74 bits per heavy atom. The zero-order valence-corrected chi connectivity index (χ0v) is 12.0. The fourth-order valence-corrected chi connectivity index (χ4v) is 1.69. The van der Waals surface area contributed by atoms with Gasteiger partial charge in [-0.3, -0.25) is 4.39 Å². The average molecular weight is 269 g/mol. The molecule has 1 aromatic rings. The van der Waals surface area contributed by atoms with Gasteiger partial charge in [0, 0.05) is 18.5 Å². The van der Waals surface area contributed by atoms with Gasteiger partial charge in [0.05, 0.1) is 20.4 Å². The molecule has 19 heavy (non-hydrogen) atoms. The molecule has 0 bridgehead atoms. The molecule has 0 aliphatic rings. The van der Waals surface area contributed by atoms with Gasteiger partial charge in [0.15, 0.2) is 0 Å². The van der Waals surface area contributed by atoms with Crippen LogP contribution in [0.3, 0.4) is 0 Å². The van der Waals surface area contributed by atoms with Crippen molar-refractivity contribution in [3.05, 3.63) is 23.8 Å². The summed E-state index contributed by atoms with van der Waals surface area (Å²) in [5.41, 5.74) is 1.04. The third kappa shape index (κ3) is 5.92. The first kappa shape index (κ1) is 15.8. The van der Waals surface area contributed by atoms with Crippen LogP contribution >= 0.6 is 0 Å². The Hall–Kier alpha value is -1.29. The number of alkyl halides is 1. The van der Waals surface area contributed by atoms with Crippen LogP contribution in [0.4, 0.5) is 4.39 Å². The molecule has 0 amide bonds. The van der Waals surface area contributed by atoms with Gasteiger partial charge >= 0.3 is 0 Å². The van der Waals surface area contributed by atoms with Gasteiger partial charge in [0.1, 0.15) is 11.5 Å². The monoisotopic (exact) mass is 269 g/mol. The number of nitrogens with one attached hydrogen (secondary N) is 1. The summed E-state index contributed by atoms with van der Waals surface area (Å²) in [7, 11) is 1.64. The number of hydrogen-bond donors (Lipinski definition) is 1. The van der Waals surface area contributed by atoms with E-state index in [9.17, 15) is 4.39 Å². The van der Waals surface area contributed by atoms with Crippen molar-refractivity contribution in [1.82, 2.24) is 5.32 Å². The van der Waals surface area contributed by atoms with Crippen molar-refractivity contribution >= 4 is 0 Å². The Labute approximate surface area is 115 Å². The number of methoxy groups -OCH3 is 1. The highest BCUT2D eigenvalue weighted by atomic mass is 19.1. The molecule has 0 spiro atoms. The zero-order valence-electron chi connectivity index (χ0n) is 12.0. The molecule has 0 saturated heterocycles. The average Bonchev–Trinajstić information content (AvgIpc) is 2.40. The van der Waals surface area contributed by atoms with E-state index in [1.165, 1.54) is 0 Å². The first-order valence-corrected chi connectivity index (χ1v) is 6.73. The number of hydrogen-bond acceptors (Lipinski definition) is 3. The van der Waals surface area contributed by atoms with Gasteiger partial charge < -0.3 is 14.8 Å². The molecule has 0 aromatic heterocycles. The first-order chi connectivity index (χ1) is 9.17. The second-order valence-corrected chi connectivity index (χ2v) is 4.89. The minimum Gasteiger partial charge on any atom is -0.497 e. The van der Waals surface area contributed by atoms with Crippen LogP contribution in [0.2, 0.25) is 0 Å². The maximum atomic E-state index is 12.1. The van der Waals surface area contributed by atoms with Crippen LogP contribution in [0.25, 0.3) is 0 Å². The zero-order chi connectivity index (χ0) is 14.1. The molecule has 3 nitrogen and oxygen atoms in total. The maximum absolute atomic E-state index is 12.1. The predicted molar refractivity (Wildman–Crippen MR) is 75.6 cm³/mol. The van der Waals surface area contributed by atoms with Crippen molar-refractivity contribution in [3.8, 4) is 11.5 Å². The summed E-state index contributed by atoms with van der Waals surface area (Å²) < 4.78 is 22.9. The summed E-state index contributed by atoms with van der Waals surface area (Å²) in [6.45, 7) is 6.05. The van der Waals surface area contributed by atoms with Gasteiger partial charge in [-0.2, -0.15) is 0 Å². The standard InChI is InChI=1S/C15H24FNO2/c1-12(2)10-17-11-13-9-14(18-3)5-6-15(13)19-8-4-7-16/h5-6,9,12,17H,4,7-8,10-11H2,1-3H3. The normalized spacial score (nSPS) is 10.8. The van der Waals surface area contributed by atoms with E-state index in [0.717, 1.165) is 30.2 Å². The minimum atomic E-state index is -0.350. The summed E-state index contributed by atoms with van der Waals surface area (Å²) in [4.78, 5) is 0. The molecule has 0 aliphatic heterocycles. The molecule has 0 radical (unpaired) electrons. The van der Waals surface area contributed by atoms with Gasteiger partial charge in [-0.25, -0.2) is 0 Å². The van der Waals surface area contributed by atoms with Crippen molar-refractivity contribution in [3.63, 3.8) is 0 Å². The van der Waals surface area contributed by atoms with Crippen LogP contribution in [-0.2, 0) is 6.54 Å². The topological polar surface area (TPSA) is 30.5 Å². The Kier molecular flexibility index (Phi) is 7.26. The van der Waals surface area contributed by atoms with Gasteiger partial charge in [0.2, 0.25) is 0 Å². The molecule has 0 saturated carbocycles. The summed E-state index contributed by atoms with van der Waals surface area (Å²) >= 11 is 0. The number of halogens is 1. The second kappa shape index (κ2) is 8.75. The SMILES string of the molecule is COc1ccc(OCCCF)c(CNCC(C)C)c1. The minimum absolute atomic E-state index is 0.350. The lowest BCUT2D eigenvalue weighted by Gasteiger charge is -2.14.